The summed E-state index contributed by atoms with van der Waals surface area (Å²) in [5, 5.41) is 0.751. The lowest BCUT2D eigenvalue weighted by Gasteiger charge is -2.08. The number of thioether (sulfide) groups is 1. The average Bonchev–Trinajstić information content (AvgIpc) is 2.39. The summed E-state index contributed by atoms with van der Waals surface area (Å²) in [5.74, 6) is 0.496. The molecule has 0 amide bonds. The maximum Gasteiger partial charge on any atom is 0.123 e. The molecule has 2 N–H and O–H groups in total. The third-order valence-electron chi connectivity index (χ3n) is 2.58. The highest BCUT2D eigenvalue weighted by Crippen LogP contribution is 2.29. The van der Waals surface area contributed by atoms with Crippen molar-refractivity contribution in [2.45, 2.75) is 17.2 Å². The summed E-state index contributed by atoms with van der Waals surface area (Å²) in [4.78, 5) is 0.999. The van der Waals surface area contributed by atoms with E-state index in [9.17, 15) is 4.39 Å². The lowest BCUT2D eigenvalue weighted by Crippen LogP contribution is -1.99. The van der Waals surface area contributed by atoms with E-state index in [0.717, 1.165) is 26.8 Å². The molecule has 0 saturated heterocycles. The van der Waals surface area contributed by atoms with Gasteiger partial charge in [0.05, 0.1) is 0 Å². The third kappa shape index (κ3) is 3.25. The predicted octanol–water partition coefficient (Wildman–Crippen LogP) is 4.23. The van der Waals surface area contributed by atoms with Gasteiger partial charge in [-0.25, -0.2) is 4.39 Å². The second-order valence-corrected chi connectivity index (χ2v) is 5.26. The second-order valence-electron chi connectivity index (χ2n) is 3.84. The van der Waals surface area contributed by atoms with Gasteiger partial charge in [-0.05, 0) is 35.4 Å². The van der Waals surface area contributed by atoms with Crippen LogP contribution >= 0.6 is 23.4 Å². The molecule has 94 valence electrons. The van der Waals surface area contributed by atoms with Crippen LogP contribution in [0.4, 0.5) is 4.39 Å². The number of rotatable bonds is 4. The monoisotopic (exact) mass is 281 g/mol. The topological polar surface area (TPSA) is 26.0 Å². The SMILES string of the molecule is NCc1cc(F)ccc1SCc1ccccc1Cl. The van der Waals surface area contributed by atoms with Crippen molar-refractivity contribution in [2.75, 3.05) is 0 Å². The van der Waals surface area contributed by atoms with E-state index in [1.165, 1.54) is 12.1 Å². The van der Waals surface area contributed by atoms with E-state index < -0.39 is 0 Å². The Bertz CT molecular complexity index is 545. The predicted molar refractivity (Wildman–Crippen MR) is 75.3 cm³/mol. The zero-order valence-electron chi connectivity index (χ0n) is 9.70. The van der Waals surface area contributed by atoms with Crippen LogP contribution in [0.15, 0.2) is 47.4 Å². The van der Waals surface area contributed by atoms with Gasteiger partial charge >= 0.3 is 0 Å². The van der Waals surface area contributed by atoms with Crippen LogP contribution < -0.4 is 5.73 Å². The average molecular weight is 282 g/mol. The van der Waals surface area contributed by atoms with E-state index in [1.54, 1.807) is 17.8 Å². The summed E-state index contributed by atoms with van der Waals surface area (Å²) < 4.78 is 13.1. The Balaban J connectivity index is 2.13. The van der Waals surface area contributed by atoms with Gasteiger partial charge < -0.3 is 5.73 Å². The molecule has 0 spiro atoms. The van der Waals surface area contributed by atoms with Gasteiger partial charge in [0.25, 0.3) is 0 Å². The quantitative estimate of drug-likeness (QED) is 0.849. The molecule has 0 atom stereocenters. The standard InChI is InChI=1S/C14H13ClFNS/c15-13-4-2-1-3-10(13)9-18-14-6-5-12(16)7-11(14)8-17/h1-7H,8-9,17H2. The molecule has 2 aromatic rings. The fraction of sp³-hybridized carbons (Fsp3) is 0.143. The smallest absolute Gasteiger partial charge is 0.123 e. The van der Waals surface area contributed by atoms with Crippen LogP contribution in [0.2, 0.25) is 5.02 Å². The lowest BCUT2D eigenvalue weighted by molar-refractivity contribution is 0.623. The summed E-state index contributed by atoms with van der Waals surface area (Å²) in [5.41, 5.74) is 7.50. The van der Waals surface area contributed by atoms with Gasteiger partial charge in [-0.1, -0.05) is 29.8 Å². The molecule has 0 aliphatic carbocycles. The van der Waals surface area contributed by atoms with Crippen LogP contribution in [0.25, 0.3) is 0 Å². The number of hydrogen-bond donors (Lipinski definition) is 1. The maximum absolute atomic E-state index is 13.1. The Morgan fingerprint density at radius 1 is 1.11 bits per heavy atom. The van der Waals surface area contributed by atoms with Crippen molar-refractivity contribution in [1.29, 1.82) is 0 Å². The molecule has 0 aliphatic heterocycles. The van der Waals surface area contributed by atoms with Crippen molar-refractivity contribution in [1.82, 2.24) is 0 Å². The molecule has 0 bridgehead atoms. The molecule has 2 aromatic carbocycles. The number of hydrogen-bond acceptors (Lipinski definition) is 2. The molecular formula is C14H13ClFNS. The van der Waals surface area contributed by atoms with Gasteiger partial charge in [-0.2, -0.15) is 0 Å². The van der Waals surface area contributed by atoms with Crippen LogP contribution in [0.5, 0.6) is 0 Å². The summed E-state index contributed by atoms with van der Waals surface area (Å²) in [6.07, 6.45) is 0. The minimum Gasteiger partial charge on any atom is -0.326 e. The second kappa shape index (κ2) is 6.23. The molecule has 0 heterocycles. The van der Waals surface area contributed by atoms with Gasteiger partial charge in [0.1, 0.15) is 5.82 Å². The van der Waals surface area contributed by atoms with E-state index in [0.29, 0.717) is 6.54 Å². The first-order valence-electron chi connectivity index (χ1n) is 5.55. The molecular weight excluding hydrogens is 269 g/mol. The molecule has 0 saturated carbocycles. The maximum atomic E-state index is 13.1. The zero-order chi connectivity index (χ0) is 13.0. The Kier molecular flexibility index (Phi) is 4.64. The molecule has 4 heteroatoms. The minimum atomic E-state index is -0.252. The van der Waals surface area contributed by atoms with E-state index in [4.69, 9.17) is 17.3 Å². The fourth-order valence-corrected chi connectivity index (χ4v) is 2.96. The van der Waals surface area contributed by atoms with Crippen molar-refractivity contribution < 1.29 is 4.39 Å². The molecule has 0 aliphatic rings. The summed E-state index contributed by atoms with van der Waals surface area (Å²) in [7, 11) is 0. The largest absolute Gasteiger partial charge is 0.326 e. The Labute approximate surface area is 115 Å². The van der Waals surface area contributed by atoms with Crippen molar-refractivity contribution >= 4 is 23.4 Å². The molecule has 1 nitrogen and oxygen atoms in total. The summed E-state index contributed by atoms with van der Waals surface area (Å²) in [6.45, 7) is 0.336. The van der Waals surface area contributed by atoms with E-state index in [2.05, 4.69) is 0 Å². The highest BCUT2D eigenvalue weighted by Gasteiger charge is 2.05. The van der Waals surface area contributed by atoms with Crippen molar-refractivity contribution in [3.63, 3.8) is 0 Å². The molecule has 0 unspecified atom stereocenters. The Morgan fingerprint density at radius 3 is 2.61 bits per heavy atom. The van der Waals surface area contributed by atoms with E-state index in [-0.39, 0.29) is 5.82 Å². The Morgan fingerprint density at radius 2 is 1.89 bits per heavy atom. The van der Waals surface area contributed by atoms with Gasteiger partial charge in [0.2, 0.25) is 0 Å². The van der Waals surface area contributed by atoms with Gasteiger partial charge in [-0.3, -0.25) is 0 Å². The highest BCUT2D eigenvalue weighted by atomic mass is 35.5. The molecule has 18 heavy (non-hydrogen) atoms. The minimum absolute atomic E-state index is 0.252. The highest BCUT2D eigenvalue weighted by molar-refractivity contribution is 7.98. The number of benzene rings is 2. The van der Waals surface area contributed by atoms with Crippen LogP contribution in [0, 0.1) is 5.82 Å². The summed E-state index contributed by atoms with van der Waals surface area (Å²) >= 11 is 7.71. The molecule has 0 fully saturated rings. The molecule has 2 rings (SSSR count). The van der Waals surface area contributed by atoms with Crippen molar-refractivity contribution in [2.24, 2.45) is 5.73 Å². The van der Waals surface area contributed by atoms with Crippen LogP contribution in [-0.4, -0.2) is 0 Å². The first kappa shape index (κ1) is 13.4. The van der Waals surface area contributed by atoms with E-state index >= 15 is 0 Å². The normalized spacial score (nSPS) is 10.6. The number of nitrogens with two attached hydrogens (primary N) is 1. The van der Waals surface area contributed by atoms with Crippen molar-refractivity contribution in [3.8, 4) is 0 Å². The van der Waals surface area contributed by atoms with E-state index in [1.807, 2.05) is 24.3 Å². The molecule has 0 radical (unpaired) electrons. The Hall–Kier alpha value is -1.03. The van der Waals surface area contributed by atoms with Gasteiger partial charge in [0, 0.05) is 22.2 Å². The van der Waals surface area contributed by atoms with Gasteiger partial charge in [-0.15, -0.1) is 11.8 Å². The fourth-order valence-electron chi connectivity index (χ4n) is 1.62. The van der Waals surface area contributed by atoms with Crippen LogP contribution in [0.3, 0.4) is 0 Å². The third-order valence-corrected chi connectivity index (χ3v) is 4.12. The molecule has 0 aromatic heterocycles. The van der Waals surface area contributed by atoms with Crippen molar-refractivity contribution in [3.05, 3.63) is 64.4 Å². The van der Waals surface area contributed by atoms with Crippen LogP contribution in [0.1, 0.15) is 11.1 Å². The first-order valence-corrected chi connectivity index (χ1v) is 6.92. The zero-order valence-corrected chi connectivity index (χ0v) is 11.3. The van der Waals surface area contributed by atoms with Gasteiger partial charge in [0.15, 0.2) is 0 Å². The lowest BCUT2D eigenvalue weighted by atomic mass is 10.2. The van der Waals surface area contributed by atoms with Crippen LogP contribution in [-0.2, 0) is 12.3 Å². The first-order chi connectivity index (χ1) is 8.70. The summed E-state index contributed by atoms with van der Waals surface area (Å²) in [6, 6.07) is 12.4. The number of halogens is 2.